The molecule has 0 atom stereocenters. The number of carboxylic acids is 1. The molecule has 1 N–H and O–H groups in total. The van der Waals surface area contributed by atoms with Gasteiger partial charge in [0.1, 0.15) is 5.82 Å². The van der Waals surface area contributed by atoms with Gasteiger partial charge in [0.05, 0.1) is 18.7 Å². The van der Waals surface area contributed by atoms with Crippen LogP contribution < -0.4 is 5.69 Å². The lowest BCUT2D eigenvalue weighted by molar-refractivity contribution is 0.0697. The molecule has 0 aliphatic rings. The molecule has 0 aliphatic heterocycles. The summed E-state index contributed by atoms with van der Waals surface area (Å²) in [4.78, 5) is 24.9. The molecule has 0 radical (unpaired) electrons. The Morgan fingerprint density at radius 2 is 1.56 bits per heavy atom. The summed E-state index contributed by atoms with van der Waals surface area (Å²) < 4.78 is 3.39. The van der Waals surface area contributed by atoms with E-state index in [-0.39, 0.29) is 11.3 Å². The Balaban J connectivity index is 1.56. The van der Waals surface area contributed by atoms with E-state index in [1.165, 1.54) is 12.0 Å². The van der Waals surface area contributed by atoms with Crippen molar-refractivity contribution in [3.05, 3.63) is 112 Å². The van der Waals surface area contributed by atoms with Crippen LogP contribution in [-0.2, 0) is 25.9 Å². The van der Waals surface area contributed by atoms with Crippen LogP contribution in [0.2, 0.25) is 0 Å². The van der Waals surface area contributed by atoms with Crippen molar-refractivity contribution in [1.82, 2.24) is 14.3 Å². The first-order valence-electron chi connectivity index (χ1n) is 12.7. The van der Waals surface area contributed by atoms with E-state index < -0.39 is 5.97 Å². The fraction of sp³-hybridized carbons (Fsp3) is 0.300. The molecule has 0 saturated carbocycles. The van der Waals surface area contributed by atoms with Crippen LogP contribution in [0.4, 0.5) is 0 Å². The molecule has 0 unspecified atom stereocenters. The average molecular weight is 484 g/mol. The van der Waals surface area contributed by atoms with Gasteiger partial charge in [-0.3, -0.25) is 4.57 Å². The summed E-state index contributed by atoms with van der Waals surface area (Å²) >= 11 is 0. The molecule has 0 aliphatic carbocycles. The Bertz CT molecular complexity index is 1340. The number of carboxylic acid groups (broad SMARTS) is 1. The van der Waals surface area contributed by atoms with Crippen molar-refractivity contribution in [3.63, 3.8) is 0 Å². The fourth-order valence-corrected chi connectivity index (χ4v) is 4.46. The highest BCUT2D eigenvalue weighted by atomic mass is 16.4. The van der Waals surface area contributed by atoms with Gasteiger partial charge in [0.15, 0.2) is 0 Å². The maximum atomic E-state index is 13.3. The quantitative estimate of drug-likeness (QED) is 0.258. The van der Waals surface area contributed by atoms with Crippen LogP contribution in [0.15, 0.2) is 83.7 Å². The van der Waals surface area contributed by atoms with Gasteiger partial charge >= 0.3 is 11.7 Å². The molecular formula is C30H33N3O3. The number of carbonyl (C=O) groups is 1. The summed E-state index contributed by atoms with van der Waals surface area (Å²) in [7, 11) is 0. The Morgan fingerprint density at radius 3 is 2.28 bits per heavy atom. The molecule has 0 spiro atoms. The number of benzene rings is 3. The number of aromatic carboxylic acids is 1. The highest BCUT2D eigenvalue weighted by molar-refractivity contribution is 5.95. The average Bonchev–Trinajstić information content (AvgIpc) is 3.20. The van der Waals surface area contributed by atoms with Gasteiger partial charge in [0, 0.05) is 6.42 Å². The maximum absolute atomic E-state index is 13.3. The first-order chi connectivity index (χ1) is 17.6. The molecule has 0 amide bonds. The summed E-state index contributed by atoms with van der Waals surface area (Å²) in [6, 6.07) is 24.9. The summed E-state index contributed by atoms with van der Waals surface area (Å²) in [5.41, 5.74) is 3.86. The highest BCUT2D eigenvalue weighted by Crippen LogP contribution is 2.24. The predicted molar refractivity (Wildman–Crippen MR) is 142 cm³/mol. The van der Waals surface area contributed by atoms with E-state index in [2.05, 4.69) is 19.1 Å². The molecule has 0 fully saturated rings. The van der Waals surface area contributed by atoms with E-state index in [0.29, 0.717) is 18.7 Å². The topological polar surface area (TPSA) is 77.1 Å². The third-order valence-corrected chi connectivity index (χ3v) is 6.47. The predicted octanol–water partition coefficient (Wildman–Crippen LogP) is 5.82. The zero-order chi connectivity index (χ0) is 25.3. The van der Waals surface area contributed by atoms with Gasteiger partial charge in [0.25, 0.3) is 0 Å². The lowest BCUT2D eigenvalue weighted by Gasteiger charge is -2.09. The van der Waals surface area contributed by atoms with Gasteiger partial charge < -0.3 is 5.11 Å². The molecule has 4 aromatic rings. The summed E-state index contributed by atoms with van der Waals surface area (Å²) in [5, 5.41) is 14.2. The van der Waals surface area contributed by atoms with Crippen molar-refractivity contribution in [3.8, 4) is 11.1 Å². The molecule has 36 heavy (non-hydrogen) atoms. The summed E-state index contributed by atoms with van der Waals surface area (Å²) in [6.07, 6.45) is 6.00. The molecule has 1 heterocycles. The molecule has 6 nitrogen and oxygen atoms in total. The largest absolute Gasteiger partial charge is 0.478 e. The van der Waals surface area contributed by atoms with E-state index in [1.807, 2.05) is 54.6 Å². The zero-order valence-corrected chi connectivity index (χ0v) is 20.8. The van der Waals surface area contributed by atoms with Gasteiger partial charge in [-0.1, -0.05) is 99.0 Å². The molecule has 0 saturated heterocycles. The van der Waals surface area contributed by atoms with E-state index in [1.54, 1.807) is 21.4 Å². The second-order valence-corrected chi connectivity index (χ2v) is 9.10. The lowest BCUT2D eigenvalue weighted by atomic mass is 9.99. The minimum atomic E-state index is -0.947. The summed E-state index contributed by atoms with van der Waals surface area (Å²) in [6.45, 7) is 3.17. The van der Waals surface area contributed by atoms with E-state index in [4.69, 9.17) is 5.10 Å². The maximum Gasteiger partial charge on any atom is 0.346 e. The van der Waals surface area contributed by atoms with Gasteiger partial charge in [0.2, 0.25) is 0 Å². The summed E-state index contributed by atoms with van der Waals surface area (Å²) in [5.74, 6) is -0.124. The number of hydrogen-bond donors (Lipinski definition) is 1. The van der Waals surface area contributed by atoms with Crippen molar-refractivity contribution < 1.29 is 9.90 Å². The minimum Gasteiger partial charge on any atom is -0.478 e. The van der Waals surface area contributed by atoms with Gasteiger partial charge in [-0.15, -0.1) is 0 Å². The standard InChI is InChI=1S/C30H33N3O3/c1-2-3-4-8-15-28-31-33(21-20-23-11-6-5-7-12-23)30(36)32(28)22-24-16-18-25(19-17-24)26-13-9-10-14-27(26)29(34)35/h5-7,9-14,16-19H,2-4,8,15,20-22H2,1H3,(H,34,35). The monoisotopic (exact) mass is 483 g/mol. The van der Waals surface area contributed by atoms with E-state index in [9.17, 15) is 14.7 Å². The van der Waals surface area contributed by atoms with Crippen LogP contribution in [0, 0.1) is 0 Å². The Labute approximate surface area is 211 Å². The number of rotatable bonds is 12. The molecular weight excluding hydrogens is 450 g/mol. The minimum absolute atomic E-state index is 0.0864. The van der Waals surface area contributed by atoms with Crippen LogP contribution >= 0.6 is 0 Å². The van der Waals surface area contributed by atoms with Crippen molar-refractivity contribution in [2.45, 2.75) is 58.5 Å². The van der Waals surface area contributed by atoms with Crippen LogP contribution in [0.5, 0.6) is 0 Å². The van der Waals surface area contributed by atoms with E-state index in [0.717, 1.165) is 49.1 Å². The molecule has 186 valence electrons. The van der Waals surface area contributed by atoms with Crippen LogP contribution in [0.1, 0.15) is 59.9 Å². The fourth-order valence-electron chi connectivity index (χ4n) is 4.46. The molecule has 1 aromatic heterocycles. The molecule has 6 heteroatoms. The molecule has 4 rings (SSSR count). The van der Waals surface area contributed by atoms with Crippen molar-refractivity contribution in [2.24, 2.45) is 0 Å². The number of nitrogens with zero attached hydrogens (tertiary/aromatic N) is 3. The third kappa shape index (κ3) is 6.19. The van der Waals surface area contributed by atoms with Gasteiger partial charge in [-0.05, 0) is 41.2 Å². The van der Waals surface area contributed by atoms with E-state index >= 15 is 0 Å². The van der Waals surface area contributed by atoms with Crippen LogP contribution in [0.25, 0.3) is 11.1 Å². The molecule has 3 aromatic carbocycles. The molecule has 0 bridgehead atoms. The number of aromatic nitrogens is 3. The zero-order valence-electron chi connectivity index (χ0n) is 20.8. The second-order valence-electron chi connectivity index (χ2n) is 9.10. The third-order valence-electron chi connectivity index (χ3n) is 6.47. The first kappa shape index (κ1) is 25.2. The van der Waals surface area contributed by atoms with Crippen molar-refractivity contribution >= 4 is 5.97 Å². The highest BCUT2D eigenvalue weighted by Gasteiger charge is 2.15. The first-order valence-corrected chi connectivity index (χ1v) is 12.7. The Hall–Kier alpha value is -3.93. The SMILES string of the molecule is CCCCCCc1nn(CCc2ccccc2)c(=O)n1Cc1ccc(-c2ccccc2C(=O)O)cc1. The van der Waals surface area contributed by atoms with Gasteiger partial charge in [-0.25, -0.2) is 14.3 Å². The smallest absolute Gasteiger partial charge is 0.346 e. The number of hydrogen-bond acceptors (Lipinski definition) is 3. The lowest BCUT2D eigenvalue weighted by Crippen LogP contribution is -2.26. The normalized spacial score (nSPS) is 11.0. The number of aryl methyl sites for hydroxylation is 3. The number of unbranched alkanes of at least 4 members (excludes halogenated alkanes) is 3. The Kier molecular flexibility index (Phi) is 8.50. The Morgan fingerprint density at radius 1 is 0.833 bits per heavy atom. The van der Waals surface area contributed by atoms with Crippen LogP contribution in [0.3, 0.4) is 0 Å². The van der Waals surface area contributed by atoms with Crippen LogP contribution in [-0.4, -0.2) is 25.4 Å². The second kappa shape index (κ2) is 12.2. The van der Waals surface area contributed by atoms with Crippen molar-refractivity contribution in [1.29, 1.82) is 0 Å². The van der Waals surface area contributed by atoms with Crippen molar-refractivity contribution in [2.75, 3.05) is 0 Å². The van der Waals surface area contributed by atoms with Gasteiger partial charge in [-0.2, -0.15) is 5.10 Å².